The maximum Gasteiger partial charge on any atom is 0.272 e. The Morgan fingerprint density at radius 3 is 2.74 bits per heavy atom. The van der Waals surface area contributed by atoms with Crippen LogP contribution in [0.25, 0.3) is 5.69 Å². The summed E-state index contributed by atoms with van der Waals surface area (Å²) in [5, 5.41) is 16.5. The molecule has 23 heavy (non-hydrogen) atoms. The van der Waals surface area contributed by atoms with Crippen molar-refractivity contribution in [1.29, 1.82) is 0 Å². The summed E-state index contributed by atoms with van der Waals surface area (Å²) in [5.41, 5.74) is 2.02. The molecule has 0 aliphatic heterocycles. The first kappa shape index (κ1) is 15.1. The molecule has 0 fully saturated rings. The van der Waals surface area contributed by atoms with Gasteiger partial charge >= 0.3 is 0 Å². The van der Waals surface area contributed by atoms with Crippen molar-refractivity contribution in [2.24, 2.45) is 0 Å². The summed E-state index contributed by atoms with van der Waals surface area (Å²) >= 11 is 0. The van der Waals surface area contributed by atoms with Crippen LogP contribution in [0, 0.1) is 6.92 Å². The standard InChI is InChI=1S/C17H17N3O3/c1-12-10-14(19-20(12)13-6-3-2-4-7-13)17(22)18-15(11-21)16-8-5-9-23-16/h2-10,15,21H,11H2,1H3,(H,18,22). The van der Waals surface area contributed by atoms with Crippen molar-refractivity contribution in [2.75, 3.05) is 6.61 Å². The van der Waals surface area contributed by atoms with E-state index in [4.69, 9.17) is 4.42 Å². The molecule has 0 aliphatic rings. The quantitative estimate of drug-likeness (QED) is 0.757. The monoisotopic (exact) mass is 311 g/mol. The van der Waals surface area contributed by atoms with Gasteiger partial charge in [0.2, 0.25) is 0 Å². The van der Waals surface area contributed by atoms with E-state index in [1.54, 1.807) is 22.9 Å². The van der Waals surface area contributed by atoms with Crippen molar-refractivity contribution in [3.05, 3.63) is 71.9 Å². The molecule has 118 valence electrons. The van der Waals surface area contributed by atoms with E-state index in [1.807, 2.05) is 37.3 Å². The third kappa shape index (κ3) is 3.17. The molecular formula is C17H17N3O3. The number of nitrogens with zero attached hydrogens (tertiary/aromatic N) is 2. The minimum absolute atomic E-state index is 0.252. The van der Waals surface area contributed by atoms with Crippen LogP contribution >= 0.6 is 0 Å². The number of rotatable bonds is 5. The molecule has 0 radical (unpaired) electrons. The number of carbonyl (C=O) groups is 1. The third-order valence-electron chi connectivity index (χ3n) is 3.50. The number of nitrogens with one attached hydrogen (secondary N) is 1. The average molecular weight is 311 g/mol. The smallest absolute Gasteiger partial charge is 0.272 e. The average Bonchev–Trinajstić information content (AvgIpc) is 3.23. The van der Waals surface area contributed by atoms with Crippen LogP contribution < -0.4 is 5.32 Å². The van der Waals surface area contributed by atoms with Gasteiger partial charge in [-0.2, -0.15) is 5.10 Å². The number of benzene rings is 1. The van der Waals surface area contributed by atoms with E-state index in [0.717, 1.165) is 11.4 Å². The Bertz CT molecular complexity index is 779. The van der Waals surface area contributed by atoms with E-state index in [-0.39, 0.29) is 18.2 Å². The van der Waals surface area contributed by atoms with Crippen LogP contribution in [-0.2, 0) is 0 Å². The van der Waals surface area contributed by atoms with Crippen LogP contribution in [-0.4, -0.2) is 27.4 Å². The molecule has 1 atom stereocenters. The number of hydrogen-bond acceptors (Lipinski definition) is 4. The van der Waals surface area contributed by atoms with Gasteiger partial charge in [-0.25, -0.2) is 4.68 Å². The molecule has 0 spiro atoms. The zero-order valence-corrected chi connectivity index (χ0v) is 12.6. The highest BCUT2D eigenvalue weighted by atomic mass is 16.3. The normalized spacial score (nSPS) is 12.1. The molecule has 2 N–H and O–H groups in total. The predicted octanol–water partition coefficient (Wildman–Crippen LogP) is 2.24. The van der Waals surface area contributed by atoms with Crippen LogP contribution in [0.1, 0.15) is 28.0 Å². The second kappa shape index (κ2) is 6.50. The van der Waals surface area contributed by atoms with Crippen molar-refractivity contribution < 1.29 is 14.3 Å². The summed E-state index contributed by atoms with van der Waals surface area (Å²) in [6.07, 6.45) is 1.50. The lowest BCUT2D eigenvalue weighted by atomic mass is 10.2. The van der Waals surface area contributed by atoms with Gasteiger partial charge in [0.05, 0.1) is 18.6 Å². The predicted molar refractivity (Wildman–Crippen MR) is 84.3 cm³/mol. The first-order chi connectivity index (χ1) is 11.2. The highest BCUT2D eigenvalue weighted by molar-refractivity contribution is 5.92. The fourth-order valence-electron chi connectivity index (χ4n) is 2.34. The summed E-state index contributed by atoms with van der Waals surface area (Å²) in [6, 6.07) is 14.1. The molecular weight excluding hydrogens is 294 g/mol. The molecule has 2 heterocycles. The molecule has 3 aromatic rings. The lowest BCUT2D eigenvalue weighted by Crippen LogP contribution is -2.30. The summed E-state index contributed by atoms with van der Waals surface area (Å²) < 4.78 is 6.93. The van der Waals surface area contributed by atoms with E-state index < -0.39 is 6.04 Å². The zero-order valence-electron chi connectivity index (χ0n) is 12.6. The van der Waals surface area contributed by atoms with Crippen molar-refractivity contribution in [1.82, 2.24) is 15.1 Å². The number of hydrogen-bond donors (Lipinski definition) is 2. The lowest BCUT2D eigenvalue weighted by molar-refractivity contribution is 0.0902. The highest BCUT2D eigenvalue weighted by Gasteiger charge is 2.20. The Kier molecular flexibility index (Phi) is 4.25. The van der Waals surface area contributed by atoms with Gasteiger partial charge in [-0.1, -0.05) is 18.2 Å². The summed E-state index contributed by atoms with van der Waals surface area (Å²) in [7, 11) is 0. The second-order valence-corrected chi connectivity index (χ2v) is 5.14. The van der Waals surface area contributed by atoms with Crippen molar-refractivity contribution in [2.45, 2.75) is 13.0 Å². The van der Waals surface area contributed by atoms with Crippen LogP contribution in [0.5, 0.6) is 0 Å². The number of amides is 1. The Morgan fingerprint density at radius 1 is 1.30 bits per heavy atom. The first-order valence-corrected chi connectivity index (χ1v) is 7.26. The lowest BCUT2D eigenvalue weighted by Gasteiger charge is -2.12. The summed E-state index contributed by atoms with van der Waals surface area (Å²) in [4.78, 5) is 12.4. The van der Waals surface area contributed by atoms with Crippen molar-refractivity contribution in [3.8, 4) is 5.69 Å². The number of furan rings is 1. The van der Waals surface area contributed by atoms with Gasteiger partial charge in [0, 0.05) is 5.69 Å². The van der Waals surface area contributed by atoms with Crippen molar-refractivity contribution >= 4 is 5.91 Å². The fourth-order valence-corrected chi connectivity index (χ4v) is 2.34. The van der Waals surface area contributed by atoms with Gasteiger partial charge in [-0.3, -0.25) is 4.79 Å². The zero-order chi connectivity index (χ0) is 16.2. The van der Waals surface area contributed by atoms with Gasteiger partial charge in [-0.05, 0) is 37.3 Å². The Hall–Kier alpha value is -2.86. The molecule has 1 unspecified atom stereocenters. The minimum atomic E-state index is -0.598. The maximum atomic E-state index is 12.4. The molecule has 3 rings (SSSR count). The second-order valence-electron chi connectivity index (χ2n) is 5.14. The van der Waals surface area contributed by atoms with Crippen molar-refractivity contribution in [3.63, 3.8) is 0 Å². The number of para-hydroxylation sites is 1. The van der Waals surface area contributed by atoms with E-state index in [9.17, 15) is 9.90 Å². The molecule has 0 saturated carbocycles. The Labute approximate surface area is 133 Å². The fraction of sp³-hybridized carbons (Fsp3) is 0.176. The van der Waals surface area contributed by atoms with Gasteiger partial charge in [-0.15, -0.1) is 0 Å². The van der Waals surface area contributed by atoms with E-state index in [0.29, 0.717) is 5.76 Å². The molecule has 1 aromatic carbocycles. The van der Waals surface area contributed by atoms with E-state index in [2.05, 4.69) is 10.4 Å². The maximum absolute atomic E-state index is 12.4. The highest BCUT2D eigenvalue weighted by Crippen LogP contribution is 2.15. The molecule has 2 aromatic heterocycles. The molecule has 6 nitrogen and oxygen atoms in total. The molecule has 1 amide bonds. The third-order valence-corrected chi connectivity index (χ3v) is 3.50. The molecule has 0 bridgehead atoms. The topological polar surface area (TPSA) is 80.3 Å². The van der Waals surface area contributed by atoms with Crippen LogP contribution in [0.4, 0.5) is 0 Å². The van der Waals surface area contributed by atoms with Gasteiger partial charge in [0.1, 0.15) is 11.8 Å². The van der Waals surface area contributed by atoms with Gasteiger partial charge < -0.3 is 14.8 Å². The largest absolute Gasteiger partial charge is 0.467 e. The Morgan fingerprint density at radius 2 is 2.09 bits per heavy atom. The molecule has 6 heteroatoms. The minimum Gasteiger partial charge on any atom is -0.467 e. The van der Waals surface area contributed by atoms with E-state index >= 15 is 0 Å². The number of aromatic nitrogens is 2. The number of aliphatic hydroxyl groups is 1. The molecule has 0 aliphatic carbocycles. The van der Waals surface area contributed by atoms with Gasteiger partial charge in [0.15, 0.2) is 5.69 Å². The summed E-state index contributed by atoms with van der Waals surface area (Å²) in [5.74, 6) is 0.137. The van der Waals surface area contributed by atoms with Gasteiger partial charge in [0.25, 0.3) is 5.91 Å². The first-order valence-electron chi connectivity index (χ1n) is 7.26. The molecule has 0 saturated heterocycles. The van der Waals surface area contributed by atoms with Crippen LogP contribution in [0.15, 0.2) is 59.2 Å². The number of aryl methyl sites for hydroxylation is 1. The number of aliphatic hydroxyl groups excluding tert-OH is 1. The summed E-state index contributed by atoms with van der Waals surface area (Å²) in [6.45, 7) is 1.63. The van der Waals surface area contributed by atoms with E-state index in [1.165, 1.54) is 6.26 Å². The van der Waals surface area contributed by atoms with Crippen LogP contribution in [0.3, 0.4) is 0 Å². The number of carbonyl (C=O) groups excluding carboxylic acids is 1. The Balaban J connectivity index is 1.81. The SMILES string of the molecule is Cc1cc(C(=O)NC(CO)c2ccco2)nn1-c1ccccc1. The van der Waals surface area contributed by atoms with Crippen LogP contribution in [0.2, 0.25) is 0 Å².